The van der Waals surface area contributed by atoms with Gasteiger partial charge in [-0.3, -0.25) is 9.48 Å². The van der Waals surface area contributed by atoms with Crippen molar-refractivity contribution in [2.45, 2.75) is 13.0 Å². The van der Waals surface area contributed by atoms with Gasteiger partial charge in [0.25, 0.3) is 0 Å². The lowest BCUT2D eigenvalue weighted by molar-refractivity contribution is -0.111. The highest BCUT2D eigenvalue weighted by Gasteiger charge is 2.06. The summed E-state index contributed by atoms with van der Waals surface area (Å²) in [6, 6.07) is 11.8. The first-order chi connectivity index (χ1) is 11.7. The second kappa shape index (κ2) is 6.84. The number of nitrogens with one attached hydrogen (secondary N) is 1. The van der Waals surface area contributed by atoms with E-state index in [4.69, 9.17) is 5.26 Å². The summed E-state index contributed by atoms with van der Waals surface area (Å²) in [6.07, 6.45) is 7.45. The molecule has 0 fully saturated rings. The normalized spacial score (nSPS) is 11.0. The van der Waals surface area contributed by atoms with E-state index in [0.717, 1.165) is 16.5 Å². The molecule has 3 aromatic rings. The topological polar surface area (TPSA) is 75.6 Å². The minimum atomic E-state index is -0.234. The standard InChI is InChI=1S/C18H17N5O/c1-22-12-9-17(21-22)20-18(24)8-7-14-13-23(11-4-10-19)16-6-3-2-5-15(14)16/h2-3,5-9,12-13H,4,11H2,1H3,(H,20,21,24). The summed E-state index contributed by atoms with van der Waals surface area (Å²) in [7, 11) is 1.79. The number of carbonyl (C=O) groups is 1. The van der Waals surface area contributed by atoms with Crippen LogP contribution < -0.4 is 5.32 Å². The molecule has 0 bridgehead atoms. The molecule has 120 valence electrons. The second-order valence-electron chi connectivity index (χ2n) is 5.40. The number of aromatic nitrogens is 3. The minimum Gasteiger partial charge on any atom is -0.346 e. The Labute approximate surface area is 139 Å². The molecule has 24 heavy (non-hydrogen) atoms. The van der Waals surface area contributed by atoms with E-state index in [-0.39, 0.29) is 5.91 Å². The number of para-hydroxylation sites is 1. The van der Waals surface area contributed by atoms with Crippen LogP contribution in [0.3, 0.4) is 0 Å². The fourth-order valence-corrected chi connectivity index (χ4v) is 2.58. The number of hydrogen-bond donors (Lipinski definition) is 1. The molecule has 0 saturated carbocycles. The Morgan fingerprint density at radius 2 is 2.21 bits per heavy atom. The summed E-state index contributed by atoms with van der Waals surface area (Å²) in [5, 5.41) is 16.7. The maximum absolute atomic E-state index is 12.0. The van der Waals surface area contributed by atoms with Crippen molar-refractivity contribution in [3.05, 3.63) is 54.4 Å². The molecule has 0 aliphatic heterocycles. The number of fused-ring (bicyclic) bond motifs is 1. The Balaban J connectivity index is 1.81. The summed E-state index contributed by atoms with van der Waals surface area (Å²) in [4.78, 5) is 12.0. The van der Waals surface area contributed by atoms with Gasteiger partial charge < -0.3 is 9.88 Å². The molecule has 0 unspecified atom stereocenters. The smallest absolute Gasteiger partial charge is 0.249 e. The summed E-state index contributed by atoms with van der Waals surface area (Å²) >= 11 is 0. The Hall–Kier alpha value is -3.33. The lowest BCUT2D eigenvalue weighted by atomic mass is 10.1. The number of nitriles is 1. The lowest BCUT2D eigenvalue weighted by Gasteiger charge is -2.00. The molecule has 0 radical (unpaired) electrons. The van der Waals surface area contributed by atoms with Crippen LogP contribution in [-0.4, -0.2) is 20.3 Å². The van der Waals surface area contributed by atoms with Crippen molar-refractivity contribution in [1.29, 1.82) is 5.26 Å². The van der Waals surface area contributed by atoms with Crippen molar-refractivity contribution in [3.63, 3.8) is 0 Å². The SMILES string of the molecule is Cn1ccc(NC(=O)C=Cc2cn(CCC#N)c3ccccc23)n1. The number of nitrogens with zero attached hydrogens (tertiary/aromatic N) is 4. The predicted octanol–water partition coefficient (Wildman–Crippen LogP) is 2.94. The highest BCUT2D eigenvalue weighted by molar-refractivity contribution is 6.03. The third-order valence-corrected chi connectivity index (χ3v) is 3.66. The summed E-state index contributed by atoms with van der Waals surface area (Å²) < 4.78 is 3.66. The molecule has 1 amide bonds. The van der Waals surface area contributed by atoms with Crippen molar-refractivity contribution in [3.8, 4) is 6.07 Å². The van der Waals surface area contributed by atoms with Gasteiger partial charge in [0.05, 0.1) is 12.5 Å². The quantitative estimate of drug-likeness (QED) is 0.735. The van der Waals surface area contributed by atoms with Crippen LogP contribution >= 0.6 is 0 Å². The van der Waals surface area contributed by atoms with Crippen LogP contribution in [0.5, 0.6) is 0 Å². The van der Waals surface area contributed by atoms with Gasteiger partial charge in [0, 0.05) is 54.6 Å². The average molecular weight is 319 g/mol. The second-order valence-corrected chi connectivity index (χ2v) is 5.40. The lowest BCUT2D eigenvalue weighted by Crippen LogP contribution is -2.08. The fourth-order valence-electron chi connectivity index (χ4n) is 2.58. The average Bonchev–Trinajstić information content (AvgIpc) is 3.15. The molecule has 1 N–H and O–H groups in total. The van der Waals surface area contributed by atoms with Gasteiger partial charge in [0.15, 0.2) is 5.82 Å². The van der Waals surface area contributed by atoms with Gasteiger partial charge in [-0.1, -0.05) is 18.2 Å². The molecule has 0 spiro atoms. The van der Waals surface area contributed by atoms with E-state index in [1.54, 1.807) is 30.1 Å². The van der Waals surface area contributed by atoms with E-state index < -0.39 is 0 Å². The van der Waals surface area contributed by atoms with E-state index in [2.05, 4.69) is 16.5 Å². The molecule has 0 saturated heterocycles. The Kier molecular flexibility index (Phi) is 4.43. The van der Waals surface area contributed by atoms with Gasteiger partial charge in [-0.15, -0.1) is 0 Å². The number of anilines is 1. The molecule has 3 rings (SSSR count). The van der Waals surface area contributed by atoms with Crippen molar-refractivity contribution >= 4 is 28.7 Å². The number of hydrogen-bond acceptors (Lipinski definition) is 3. The highest BCUT2D eigenvalue weighted by atomic mass is 16.1. The van der Waals surface area contributed by atoms with Gasteiger partial charge in [0.2, 0.25) is 5.91 Å². The van der Waals surface area contributed by atoms with Crippen LogP contribution in [0, 0.1) is 11.3 Å². The fraction of sp³-hybridized carbons (Fsp3) is 0.167. The highest BCUT2D eigenvalue weighted by Crippen LogP contribution is 2.22. The Bertz CT molecular complexity index is 942. The molecule has 6 nitrogen and oxygen atoms in total. The van der Waals surface area contributed by atoms with Gasteiger partial charge in [-0.05, 0) is 12.1 Å². The molecule has 1 aromatic carbocycles. The van der Waals surface area contributed by atoms with Crippen LogP contribution in [0.4, 0.5) is 5.82 Å². The van der Waals surface area contributed by atoms with E-state index >= 15 is 0 Å². The van der Waals surface area contributed by atoms with Crippen molar-refractivity contribution in [1.82, 2.24) is 14.3 Å². The number of benzene rings is 1. The molecule has 2 aromatic heterocycles. The van der Waals surface area contributed by atoms with Gasteiger partial charge in [0.1, 0.15) is 0 Å². The van der Waals surface area contributed by atoms with Gasteiger partial charge >= 0.3 is 0 Å². The number of rotatable bonds is 5. The maximum atomic E-state index is 12.0. The van der Waals surface area contributed by atoms with E-state index in [9.17, 15) is 4.79 Å². The summed E-state index contributed by atoms with van der Waals surface area (Å²) in [5.41, 5.74) is 2.00. The Morgan fingerprint density at radius 3 is 2.96 bits per heavy atom. The van der Waals surface area contributed by atoms with Crippen LogP contribution in [-0.2, 0) is 18.4 Å². The molecule has 2 heterocycles. The van der Waals surface area contributed by atoms with Crippen LogP contribution in [0.15, 0.2) is 48.8 Å². The van der Waals surface area contributed by atoms with Crippen LogP contribution in [0.25, 0.3) is 17.0 Å². The zero-order valence-electron chi connectivity index (χ0n) is 13.3. The first-order valence-corrected chi connectivity index (χ1v) is 7.61. The van der Waals surface area contributed by atoms with Gasteiger partial charge in [-0.2, -0.15) is 10.4 Å². The first-order valence-electron chi connectivity index (χ1n) is 7.61. The molecule has 0 aliphatic rings. The largest absolute Gasteiger partial charge is 0.346 e. The third-order valence-electron chi connectivity index (χ3n) is 3.66. The van der Waals surface area contributed by atoms with Crippen molar-refractivity contribution in [2.24, 2.45) is 7.05 Å². The maximum Gasteiger partial charge on any atom is 0.249 e. The number of aryl methyl sites for hydroxylation is 2. The Morgan fingerprint density at radius 1 is 1.38 bits per heavy atom. The van der Waals surface area contributed by atoms with Gasteiger partial charge in [-0.25, -0.2) is 0 Å². The molecular formula is C18H17N5O. The monoisotopic (exact) mass is 319 g/mol. The van der Waals surface area contributed by atoms with E-state index in [1.807, 2.05) is 35.0 Å². The number of amides is 1. The molecule has 6 heteroatoms. The first kappa shape index (κ1) is 15.6. The third kappa shape index (κ3) is 3.36. The van der Waals surface area contributed by atoms with E-state index in [0.29, 0.717) is 18.8 Å². The summed E-state index contributed by atoms with van der Waals surface area (Å²) in [6.45, 7) is 0.630. The zero-order valence-corrected chi connectivity index (χ0v) is 13.3. The van der Waals surface area contributed by atoms with Crippen LogP contribution in [0.1, 0.15) is 12.0 Å². The van der Waals surface area contributed by atoms with Crippen molar-refractivity contribution in [2.75, 3.05) is 5.32 Å². The zero-order chi connectivity index (χ0) is 16.9. The summed E-state index contributed by atoms with van der Waals surface area (Å²) in [5.74, 6) is 0.283. The minimum absolute atomic E-state index is 0.234. The predicted molar refractivity (Wildman–Crippen MR) is 93.0 cm³/mol. The molecular weight excluding hydrogens is 302 g/mol. The van der Waals surface area contributed by atoms with E-state index in [1.165, 1.54) is 6.08 Å². The van der Waals surface area contributed by atoms with Crippen LogP contribution in [0.2, 0.25) is 0 Å². The molecule has 0 atom stereocenters. The number of carbonyl (C=O) groups excluding carboxylic acids is 1. The molecule has 0 aliphatic carbocycles. The van der Waals surface area contributed by atoms with Crippen molar-refractivity contribution < 1.29 is 4.79 Å².